The molecule has 0 aromatic carbocycles. The Morgan fingerprint density at radius 2 is 2.38 bits per heavy atom. The van der Waals surface area contributed by atoms with Gasteiger partial charge in [-0.3, -0.25) is 4.40 Å². The number of hydrogen-bond donors (Lipinski definition) is 1. The lowest BCUT2D eigenvalue weighted by molar-refractivity contribution is 0.772. The molecule has 0 aliphatic heterocycles. The summed E-state index contributed by atoms with van der Waals surface area (Å²) in [5.74, 6) is 1.10. The fourth-order valence-electron chi connectivity index (χ4n) is 1.65. The predicted octanol–water partition coefficient (Wildman–Crippen LogP) is 3.31. The van der Waals surface area contributed by atoms with Gasteiger partial charge in [-0.2, -0.15) is 0 Å². The largest absolute Gasteiger partial charge is 0.371 e. The number of anilines is 1. The molecule has 1 atom stereocenters. The molecule has 0 spiro atoms. The van der Waals surface area contributed by atoms with Crippen molar-refractivity contribution in [3.05, 3.63) is 30.6 Å². The van der Waals surface area contributed by atoms with Gasteiger partial charge in [0, 0.05) is 23.8 Å². The molecule has 0 fully saturated rings. The maximum Gasteiger partial charge on any atom is 0.138 e. The molecule has 0 bridgehead atoms. The van der Waals surface area contributed by atoms with Crippen LogP contribution in [0.25, 0.3) is 5.65 Å². The summed E-state index contributed by atoms with van der Waals surface area (Å²) >= 11 is 3.63. The van der Waals surface area contributed by atoms with Crippen LogP contribution in [0.15, 0.2) is 30.6 Å². The SMILES string of the molecule is CCC(Br)CCNc1cccc2nccn12. The van der Waals surface area contributed by atoms with Crippen molar-refractivity contribution in [2.45, 2.75) is 24.6 Å². The monoisotopic (exact) mass is 281 g/mol. The average Bonchev–Trinajstić information content (AvgIpc) is 2.77. The number of rotatable bonds is 5. The van der Waals surface area contributed by atoms with Gasteiger partial charge >= 0.3 is 0 Å². The molecule has 0 saturated heterocycles. The van der Waals surface area contributed by atoms with Gasteiger partial charge in [0.25, 0.3) is 0 Å². The Balaban J connectivity index is 2.01. The van der Waals surface area contributed by atoms with Crippen molar-refractivity contribution < 1.29 is 0 Å². The van der Waals surface area contributed by atoms with E-state index in [0.717, 1.165) is 30.9 Å². The van der Waals surface area contributed by atoms with E-state index in [1.807, 2.05) is 24.5 Å². The second kappa shape index (κ2) is 5.34. The van der Waals surface area contributed by atoms with Crippen LogP contribution in [0.5, 0.6) is 0 Å². The molecule has 2 rings (SSSR count). The molecule has 0 aliphatic carbocycles. The second-order valence-electron chi connectivity index (χ2n) is 3.79. The highest BCUT2D eigenvalue weighted by Crippen LogP contribution is 2.13. The molecule has 2 aromatic heterocycles. The number of imidazole rings is 1. The van der Waals surface area contributed by atoms with E-state index in [4.69, 9.17) is 0 Å². The van der Waals surface area contributed by atoms with Gasteiger partial charge in [0.1, 0.15) is 11.5 Å². The van der Waals surface area contributed by atoms with E-state index in [9.17, 15) is 0 Å². The fraction of sp³-hybridized carbons (Fsp3) is 0.417. The average molecular weight is 282 g/mol. The molecule has 2 aromatic rings. The Kier molecular flexibility index (Phi) is 3.83. The summed E-state index contributed by atoms with van der Waals surface area (Å²) < 4.78 is 2.06. The van der Waals surface area contributed by atoms with Crippen LogP contribution in [0, 0.1) is 0 Å². The zero-order chi connectivity index (χ0) is 11.4. The van der Waals surface area contributed by atoms with Crippen LogP contribution in [0.3, 0.4) is 0 Å². The Labute approximate surface area is 104 Å². The number of alkyl halides is 1. The summed E-state index contributed by atoms with van der Waals surface area (Å²) in [6.07, 6.45) is 6.08. The number of nitrogens with one attached hydrogen (secondary N) is 1. The van der Waals surface area contributed by atoms with Crippen molar-refractivity contribution in [2.75, 3.05) is 11.9 Å². The van der Waals surface area contributed by atoms with Gasteiger partial charge in [-0.25, -0.2) is 4.98 Å². The first-order chi connectivity index (χ1) is 7.81. The maximum atomic E-state index is 4.25. The van der Waals surface area contributed by atoms with Gasteiger partial charge in [0.15, 0.2) is 0 Å². The lowest BCUT2D eigenvalue weighted by Crippen LogP contribution is -2.09. The first-order valence-corrected chi connectivity index (χ1v) is 6.53. The molecule has 3 nitrogen and oxygen atoms in total. The van der Waals surface area contributed by atoms with Gasteiger partial charge < -0.3 is 5.32 Å². The minimum absolute atomic E-state index is 0.599. The van der Waals surface area contributed by atoms with Crippen LogP contribution in [0.4, 0.5) is 5.82 Å². The molecule has 0 amide bonds. The van der Waals surface area contributed by atoms with Gasteiger partial charge in [0.05, 0.1) is 0 Å². The fourth-order valence-corrected chi connectivity index (χ4v) is 1.88. The van der Waals surface area contributed by atoms with E-state index in [-0.39, 0.29) is 0 Å². The number of halogens is 1. The minimum atomic E-state index is 0.599. The van der Waals surface area contributed by atoms with Gasteiger partial charge in [-0.15, -0.1) is 0 Å². The molecule has 1 unspecified atom stereocenters. The lowest BCUT2D eigenvalue weighted by Gasteiger charge is -2.10. The normalized spacial score (nSPS) is 12.9. The quantitative estimate of drug-likeness (QED) is 0.852. The van der Waals surface area contributed by atoms with Crippen LogP contribution in [0.1, 0.15) is 19.8 Å². The molecular formula is C12H16BrN3. The van der Waals surface area contributed by atoms with E-state index < -0.39 is 0 Å². The third kappa shape index (κ3) is 2.55. The summed E-state index contributed by atoms with van der Waals surface area (Å²) in [5.41, 5.74) is 0.982. The van der Waals surface area contributed by atoms with E-state index in [1.165, 1.54) is 0 Å². The molecule has 16 heavy (non-hydrogen) atoms. The third-order valence-electron chi connectivity index (χ3n) is 2.63. The highest BCUT2D eigenvalue weighted by Gasteiger charge is 2.02. The number of fused-ring (bicyclic) bond motifs is 1. The molecule has 1 N–H and O–H groups in total. The Bertz CT molecular complexity index is 452. The van der Waals surface area contributed by atoms with E-state index in [0.29, 0.717) is 4.83 Å². The molecule has 0 aliphatic rings. The molecule has 0 saturated carbocycles. The van der Waals surface area contributed by atoms with E-state index in [2.05, 4.69) is 43.6 Å². The Morgan fingerprint density at radius 1 is 1.50 bits per heavy atom. The summed E-state index contributed by atoms with van der Waals surface area (Å²) in [7, 11) is 0. The standard InChI is InChI=1S/C12H16BrN3/c1-2-10(13)6-7-14-11-4-3-5-12-15-8-9-16(11)12/h3-5,8-10,14H,2,6-7H2,1H3. The highest BCUT2D eigenvalue weighted by molar-refractivity contribution is 9.09. The van der Waals surface area contributed by atoms with Crippen molar-refractivity contribution in [1.29, 1.82) is 0 Å². The predicted molar refractivity (Wildman–Crippen MR) is 71.3 cm³/mol. The number of aromatic nitrogens is 2. The summed E-state index contributed by atoms with van der Waals surface area (Å²) in [4.78, 5) is 4.85. The first kappa shape index (κ1) is 11.5. The van der Waals surface area contributed by atoms with Crippen LogP contribution >= 0.6 is 15.9 Å². The Morgan fingerprint density at radius 3 is 3.19 bits per heavy atom. The van der Waals surface area contributed by atoms with E-state index in [1.54, 1.807) is 0 Å². The topological polar surface area (TPSA) is 29.3 Å². The Hall–Kier alpha value is -1.03. The molecule has 0 radical (unpaired) electrons. The van der Waals surface area contributed by atoms with Crippen molar-refractivity contribution in [3.8, 4) is 0 Å². The van der Waals surface area contributed by atoms with Crippen molar-refractivity contribution in [3.63, 3.8) is 0 Å². The van der Waals surface area contributed by atoms with Crippen molar-refractivity contribution >= 4 is 27.4 Å². The summed E-state index contributed by atoms with van der Waals surface area (Å²) in [6, 6.07) is 6.10. The molecule has 2 heterocycles. The molecule has 4 heteroatoms. The van der Waals surface area contributed by atoms with Crippen LogP contribution in [-0.4, -0.2) is 20.8 Å². The van der Waals surface area contributed by atoms with E-state index >= 15 is 0 Å². The highest BCUT2D eigenvalue weighted by atomic mass is 79.9. The number of hydrogen-bond acceptors (Lipinski definition) is 2. The van der Waals surface area contributed by atoms with Gasteiger partial charge in [-0.1, -0.05) is 28.9 Å². The summed E-state index contributed by atoms with van der Waals surface area (Å²) in [5, 5.41) is 3.43. The first-order valence-electron chi connectivity index (χ1n) is 5.61. The second-order valence-corrected chi connectivity index (χ2v) is 5.08. The summed E-state index contributed by atoms with van der Waals surface area (Å²) in [6.45, 7) is 3.16. The zero-order valence-electron chi connectivity index (χ0n) is 9.36. The van der Waals surface area contributed by atoms with Gasteiger partial charge in [0.2, 0.25) is 0 Å². The molecule has 86 valence electrons. The third-order valence-corrected chi connectivity index (χ3v) is 3.74. The number of nitrogens with zero attached hydrogens (tertiary/aromatic N) is 2. The lowest BCUT2D eigenvalue weighted by atomic mass is 10.2. The number of pyridine rings is 1. The minimum Gasteiger partial charge on any atom is -0.371 e. The smallest absolute Gasteiger partial charge is 0.138 e. The molecular weight excluding hydrogens is 266 g/mol. The zero-order valence-corrected chi connectivity index (χ0v) is 10.9. The van der Waals surface area contributed by atoms with Crippen molar-refractivity contribution in [2.24, 2.45) is 0 Å². The van der Waals surface area contributed by atoms with Crippen molar-refractivity contribution in [1.82, 2.24) is 9.38 Å². The maximum absolute atomic E-state index is 4.25. The van der Waals surface area contributed by atoms with Crippen LogP contribution < -0.4 is 5.32 Å². The van der Waals surface area contributed by atoms with Crippen LogP contribution in [0.2, 0.25) is 0 Å². The van der Waals surface area contributed by atoms with Crippen LogP contribution in [-0.2, 0) is 0 Å². The van der Waals surface area contributed by atoms with Gasteiger partial charge in [-0.05, 0) is 25.0 Å².